The van der Waals surface area contributed by atoms with Crippen LogP contribution in [0.4, 0.5) is 4.79 Å². The maximum absolute atomic E-state index is 11.8. The summed E-state index contributed by atoms with van der Waals surface area (Å²) in [6.07, 6.45) is 0. The molecule has 0 saturated heterocycles. The summed E-state index contributed by atoms with van der Waals surface area (Å²) < 4.78 is 0. The molecule has 0 aliphatic rings. The fraction of sp³-hybridized carbons (Fsp3) is 0.400. The Morgan fingerprint density at radius 3 is 2.84 bits per heavy atom. The molecule has 19 heavy (non-hydrogen) atoms. The first kappa shape index (κ1) is 15.1. The van der Waals surface area contributed by atoms with E-state index in [-0.39, 0.29) is 12.1 Å². The number of carbonyl (C=O) groups excluding carboxylic acids is 1. The van der Waals surface area contributed by atoms with Gasteiger partial charge in [0.05, 0.1) is 6.54 Å². The average molecular weight is 259 g/mol. The quantitative estimate of drug-likeness (QED) is 0.809. The predicted molar refractivity (Wildman–Crippen MR) is 77.5 cm³/mol. The van der Waals surface area contributed by atoms with E-state index in [1.165, 1.54) is 0 Å². The molecule has 4 nitrogen and oxygen atoms in total. The molecule has 1 rings (SSSR count). The zero-order chi connectivity index (χ0) is 14.3. The smallest absolute Gasteiger partial charge is 0.317 e. The van der Waals surface area contributed by atoms with E-state index in [4.69, 9.17) is 5.73 Å². The number of nitrogens with two attached hydrogens (primary N) is 1. The molecule has 4 heteroatoms. The molecule has 0 spiro atoms. The molecule has 1 aromatic rings. The van der Waals surface area contributed by atoms with Gasteiger partial charge >= 0.3 is 6.03 Å². The summed E-state index contributed by atoms with van der Waals surface area (Å²) in [4.78, 5) is 13.4. The standard InChI is InChI=1S/C15H21N3O/c1-12(2)17-15(19)18(3)11-14-7-4-6-13(10-14)8-5-9-16/h4,6-7,10,12H,9,11,16H2,1-3H3,(H,17,19). The van der Waals surface area contributed by atoms with Crippen LogP contribution >= 0.6 is 0 Å². The Morgan fingerprint density at radius 1 is 1.47 bits per heavy atom. The number of nitrogens with zero attached hydrogens (tertiary/aromatic N) is 1. The molecule has 2 amide bonds. The molecule has 0 bridgehead atoms. The molecular formula is C15H21N3O. The Hall–Kier alpha value is -1.99. The highest BCUT2D eigenvalue weighted by atomic mass is 16.2. The lowest BCUT2D eigenvalue weighted by Crippen LogP contribution is -2.40. The van der Waals surface area contributed by atoms with Crippen LogP contribution in [0.15, 0.2) is 24.3 Å². The van der Waals surface area contributed by atoms with Crippen LogP contribution < -0.4 is 11.1 Å². The third-order valence-corrected chi connectivity index (χ3v) is 2.44. The van der Waals surface area contributed by atoms with Gasteiger partial charge in [-0.2, -0.15) is 0 Å². The van der Waals surface area contributed by atoms with E-state index in [9.17, 15) is 4.79 Å². The molecule has 0 unspecified atom stereocenters. The second kappa shape index (κ2) is 7.45. The van der Waals surface area contributed by atoms with Crippen LogP contribution in [0.2, 0.25) is 0 Å². The molecule has 0 aliphatic carbocycles. The lowest BCUT2D eigenvalue weighted by atomic mass is 10.1. The van der Waals surface area contributed by atoms with Gasteiger partial charge in [0.25, 0.3) is 0 Å². The van der Waals surface area contributed by atoms with Crippen LogP contribution in [-0.4, -0.2) is 30.6 Å². The summed E-state index contributed by atoms with van der Waals surface area (Å²) in [5, 5.41) is 2.85. The van der Waals surface area contributed by atoms with Gasteiger partial charge in [-0.25, -0.2) is 4.79 Å². The highest BCUT2D eigenvalue weighted by Crippen LogP contribution is 2.07. The zero-order valence-electron chi connectivity index (χ0n) is 11.7. The summed E-state index contributed by atoms with van der Waals surface area (Å²) >= 11 is 0. The second-order valence-corrected chi connectivity index (χ2v) is 4.67. The van der Waals surface area contributed by atoms with E-state index >= 15 is 0 Å². The first-order valence-corrected chi connectivity index (χ1v) is 6.32. The normalized spacial score (nSPS) is 9.74. The Labute approximate surface area is 115 Å². The lowest BCUT2D eigenvalue weighted by Gasteiger charge is -2.19. The summed E-state index contributed by atoms with van der Waals surface area (Å²) in [7, 11) is 1.77. The molecule has 3 N–H and O–H groups in total. The maximum atomic E-state index is 11.8. The van der Waals surface area contributed by atoms with E-state index in [0.29, 0.717) is 13.1 Å². The highest BCUT2D eigenvalue weighted by molar-refractivity contribution is 5.74. The van der Waals surface area contributed by atoms with Gasteiger partial charge in [-0.3, -0.25) is 0 Å². The zero-order valence-corrected chi connectivity index (χ0v) is 11.7. The minimum absolute atomic E-state index is 0.0755. The number of nitrogens with one attached hydrogen (secondary N) is 1. The summed E-state index contributed by atoms with van der Waals surface area (Å²) in [6.45, 7) is 4.78. The minimum Gasteiger partial charge on any atom is -0.336 e. The largest absolute Gasteiger partial charge is 0.336 e. The maximum Gasteiger partial charge on any atom is 0.317 e. The SMILES string of the molecule is CC(C)NC(=O)N(C)Cc1cccc(C#CCN)c1. The summed E-state index contributed by atoms with van der Waals surface area (Å²) in [5.74, 6) is 5.80. The van der Waals surface area contributed by atoms with Crippen LogP contribution in [0, 0.1) is 11.8 Å². The number of carbonyl (C=O) groups is 1. The van der Waals surface area contributed by atoms with Gasteiger partial charge in [0.1, 0.15) is 0 Å². The van der Waals surface area contributed by atoms with E-state index < -0.39 is 0 Å². The second-order valence-electron chi connectivity index (χ2n) is 4.67. The van der Waals surface area contributed by atoms with Crippen molar-refractivity contribution in [2.75, 3.05) is 13.6 Å². The van der Waals surface area contributed by atoms with Gasteiger partial charge in [-0.1, -0.05) is 24.0 Å². The molecule has 0 radical (unpaired) electrons. The summed E-state index contributed by atoms with van der Waals surface area (Å²) in [6, 6.07) is 7.88. The van der Waals surface area contributed by atoms with Crippen LogP contribution in [-0.2, 0) is 6.54 Å². The van der Waals surface area contributed by atoms with E-state index in [2.05, 4.69) is 17.2 Å². The molecule has 0 saturated carbocycles. The topological polar surface area (TPSA) is 58.4 Å². The van der Waals surface area contributed by atoms with Crippen molar-refractivity contribution < 1.29 is 4.79 Å². The third kappa shape index (κ3) is 5.45. The Kier molecular flexibility index (Phi) is 5.91. The third-order valence-electron chi connectivity index (χ3n) is 2.44. The number of hydrogen-bond acceptors (Lipinski definition) is 2. The number of rotatable bonds is 3. The molecule has 0 heterocycles. The van der Waals surface area contributed by atoms with Gasteiger partial charge in [-0.05, 0) is 31.5 Å². The van der Waals surface area contributed by atoms with E-state index in [1.54, 1.807) is 11.9 Å². The summed E-state index contributed by atoms with van der Waals surface area (Å²) in [5.41, 5.74) is 7.31. The lowest BCUT2D eigenvalue weighted by molar-refractivity contribution is 0.204. The van der Waals surface area contributed by atoms with Crippen LogP contribution in [0.3, 0.4) is 0 Å². The number of urea groups is 1. The van der Waals surface area contributed by atoms with Crippen molar-refractivity contribution in [2.45, 2.75) is 26.4 Å². The number of amides is 2. The van der Waals surface area contributed by atoms with Gasteiger partial charge in [0, 0.05) is 25.2 Å². The van der Waals surface area contributed by atoms with Crippen molar-refractivity contribution >= 4 is 6.03 Å². The van der Waals surface area contributed by atoms with Gasteiger partial charge < -0.3 is 16.0 Å². The van der Waals surface area contributed by atoms with Crippen LogP contribution in [0.5, 0.6) is 0 Å². The number of benzene rings is 1. The molecule has 0 atom stereocenters. The van der Waals surface area contributed by atoms with Crippen molar-refractivity contribution in [2.24, 2.45) is 5.73 Å². The molecular weight excluding hydrogens is 238 g/mol. The fourth-order valence-electron chi connectivity index (χ4n) is 1.60. The van der Waals surface area contributed by atoms with Crippen LogP contribution in [0.25, 0.3) is 0 Å². The Balaban J connectivity index is 2.68. The molecule has 0 fully saturated rings. The first-order chi connectivity index (χ1) is 9.02. The molecule has 0 aromatic heterocycles. The Bertz CT molecular complexity index is 486. The van der Waals surface area contributed by atoms with Crippen molar-refractivity contribution in [3.8, 4) is 11.8 Å². The van der Waals surface area contributed by atoms with Gasteiger partial charge in [0.15, 0.2) is 0 Å². The van der Waals surface area contributed by atoms with E-state index in [0.717, 1.165) is 11.1 Å². The molecule has 102 valence electrons. The minimum atomic E-state index is -0.0755. The highest BCUT2D eigenvalue weighted by Gasteiger charge is 2.09. The number of hydrogen-bond donors (Lipinski definition) is 2. The van der Waals surface area contributed by atoms with Gasteiger partial charge in [0.2, 0.25) is 0 Å². The fourth-order valence-corrected chi connectivity index (χ4v) is 1.60. The van der Waals surface area contributed by atoms with Crippen molar-refractivity contribution in [3.05, 3.63) is 35.4 Å². The Morgan fingerprint density at radius 2 is 2.21 bits per heavy atom. The first-order valence-electron chi connectivity index (χ1n) is 6.32. The predicted octanol–water partition coefficient (Wildman–Crippen LogP) is 1.55. The van der Waals surface area contributed by atoms with Crippen molar-refractivity contribution in [3.63, 3.8) is 0 Å². The monoisotopic (exact) mass is 259 g/mol. The average Bonchev–Trinajstić information content (AvgIpc) is 2.36. The van der Waals surface area contributed by atoms with Crippen LogP contribution in [0.1, 0.15) is 25.0 Å². The molecule has 0 aliphatic heterocycles. The van der Waals surface area contributed by atoms with Crippen molar-refractivity contribution in [1.82, 2.24) is 10.2 Å². The molecule has 1 aromatic carbocycles. The van der Waals surface area contributed by atoms with Crippen molar-refractivity contribution in [1.29, 1.82) is 0 Å². The van der Waals surface area contributed by atoms with Gasteiger partial charge in [-0.15, -0.1) is 0 Å². The van der Waals surface area contributed by atoms with E-state index in [1.807, 2.05) is 38.1 Å².